The molecule has 1 aliphatic heterocycles. The summed E-state index contributed by atoms with van der Waals surface area (Å²) in [6.07, 6.45) is 6.81. The molecule has 1 saturated carbocycles. The molecule has 122 valence electrons. The van der Waals surface area contributed by atoms with Gasteiger partial charge in [0.1, 0.15) is 0 Å². The van der Waals surface area contributed by atoms with Gasteiger partial charge in [-0.25, -0.2) is 9.78 Å². The fourth-order valence-electron chi connectivity index (χ4n) is 3.41. The van der Waals surface area contributed by atoms with Crippen LogP contribution in [0.1, 0.15) is 48.4 Å². The summed E-state index contributed by atoms with van der Waals surface area (Å²) in [6.45, 7) is 4.27. The van der Waals surface area contributed by atoms with Crippen molar-refractivity contribution in [1.82, 2.24) is 9.88 Å². The van der Waals surface area contributed by atoms with Gasteiger partial charge >= 0.3 is 5.97 Å². The fourth-order valence-corrected chi connectivity index (χ4v) is 4.54. The third-order valence-electron chi connectivity index (χ3n) is 4.46. The number of nitrogens with zero attached hydrogens (tertiary/aromatic N) is 2. The van der Waals surface area contributed by atoms with Gasteiger partial charge in [-0.05, 0) is 19.8 Å². The summed E-state index contributed by atoms with van der Waals surface area (Å²) in [7, 11) is 1.41. The van der Waals surface area contributed by atoms with Crippen LogP contribution in [0, 0.1) is 0 Å². The molecule has 1 unspecified atom stereocenters. The van der Waals surface area contributed by atoms with E-state index in [9.17, 15) is 4.79 Å². The van der Waals surface area contributed by atoms with E-state index in [1.54, 1.807) is 0 Å². The van der Waals surface area contributed by atoms with E-state index >= 15 is 0 Å². The van der Waals surface area contributed by atoms with Crippen molar-refractivity contribution in [3.63, 3.8) is 0 Å². The molecule has 1 aliphatic carbocycles. The molecule has 1 aromatic rings. The van der Waals surface area contributed by atoms with E-state index in [2.05, 4.69) is 9.88 Å². The zero-order valence-corrected chi connectivity index (χ0v) is 14.1. The van der Waals surface area contributed by atoms with Crippen LogP contribution in [-0.2, 0) is 20.8 Å². The summed E-state index contributed by atoms with van der Waals surface area (Å²) < 4.78 is 10.5. The molecule has 1 saturated heterocycles. The number of morpholine rings is 1. The first-order valence-corrected chi connectivity index (χ1v) is 8.87. The molecule has 5 nitrogen and oxygen atoms in total. The Hall–Kier alpha value is -0.980. The summed E-state index contributed by atoms with van der Waals surface area (Å²) in [5.74, 6) is 0.387. The van der Waals surface area contributed by atoms with Gasteiger partial charge in [-0.1, -0.05) is 12.8 Å². The highest BCUT2D eigenvalue weighted by Gasteiger charge is 2.31. The van der Waals surface area contributed by atoms with Crippen molar-refractivity contribution in [2.45, 2.75) is 57.3 Å². The summed E-state index contributed by atoms with van der Waals surface area (Å²) in [5.41, 5.74) is 0. The van der Waals surface area contributed by atoms with Crippen LogP contribution in [0.15, 0.2) is 6.20 Å². The van der Waals surface area contributed by atoms with Crippen LogP contribution in [0.2, 0.25) is 0 Å². The van der Waals surface area contributed by atoms with Crippen molar-refractivity contribution >= 4 is 17.3 Å². The number of ether oxygens (including phenoxy) is 2. The van der Waals surface area contributed by atoms with Crippen LogP contribution in [0.5, 0.6) is 0 Å². The van der Waals surface area contributed by atoms with E-state index in [4.69, 9.17) is 9.47 Å². The number of carbonyl (C=O) groups is 1. The second-order valence-electron chi connectivity index (χ2n) is 6.30. The highest BCUT2D eigenvalue weighted by molar-refractivity contribution is 7.11. The number of rotatable bonds is 4. The molecular weight excluding hydrogens is 300 g/mol. The average molecular weight is 324 g/mol. The second-order valence-corrected chi connectivity index (χ2v) is 7.45. The summed E-state index contributed by atoms with van der Waals surface area (Å²) in [5, 5.41) is 1.29. The number of aromatic nitrogens is 1. The molecule has 1 aromatic heterocycles. The molecule has 2 atom stereocenters. The lowest BCUT2D eigenvalue weighted by atomic mass is 10.1. The lowest BCUT2D eigenvalue weighted by Gasteiger charge is -2.35. The number of thiazole rings is 1. The number of hydrogen-bond acceptors (Lipinski definition) is 6. The Kier molecular flexibility index (Phi) is 5.10. The molecule has 0 spiro atoms. The maximum atomic E-state index is 11.7. The zero-order chi connectivity index (χ0) is 15.5. The van der Waals surface area contributed by atoms with Crippen LogP contribution in [0.25, 0.3) is 0 Å². The van der Waals surface area contributed by atoms with Gasteiger partial charge in [0.25, 0.3) is 0 Å². The van der Waals surface area contributed by atoms with Gasteiger partial charge in [-0.2, -0.15) is 0 Å². The molecule has 0 amide bonds. The molecule has 2 aliphatic rings. The molecule has 0 N–H and O–H groups in total. The highest BCUT2D eigenvalue weighted by Crippen LogP contribution is 2.36. The molecule has 2 fully saturated rings. The van der Waals surface area contributed by atoms with E-state index in [0.29, 0.717) is 12.5 Å². The largest absolute Gasteiger partial charge is 0.467 e. The summed E-state index contributed by atoms with van der Waals surface area (Å²) in [4.78, 5) is 19.9. The minimum absolute atomic E-state index is 0.0417. The lowest BCUT2D eigenvalue weighted by Crippen LogP contribution is -2.49. The topological polar surface area (TPSA) is 51.7 Å². The number of hydrogen-bond donors (Lipinski definition) is 0. The average Bonchev–Trinajstić information content (AvgIpc) is 3.16. The Balaban J connectivity index is 1.61. The molecule has 0 bridgehead atoms. The number of methoxy groups -OCH3 is 1. The third kappa shape index (κ3) is 3.67. The van der Waals surface area contributed by atoms with Gasteiger partial charge in [0.05, 0.1) is 18.2 Å². The van der Waals surface area contributed by atoms with E-state index in [0.717, 1.165) is 13.1 Å². The Labute approximate surface area is 135 Å². The molecule has 2 heterocycles. The van der Waals surface area contributed by atoms with Gasteiger partial charge in [0.2, 0.25) is 0 Å². The van der Waals surface area contributed by atoms with E-state index in [-0.39, 0.29) is 12.1 Å². The lowest BCUT2D eigenvalue weighted by molar-refractivity contribution is -0.166. The van der Waals surface area contributed by atoms with Crippen LogP contribution in [0.3, 0.4) is 0 Å². The molecule has 3 rings (SSSR count). The van der Waals surface area contributed by atoms with Gasteiger partial charge in [-0.15, -0.1) is 11.3 Å². The van der Waals surface area contributed by atoms with E-state index < -0.39 is 6.10 Å². The first-order chi connectivity index (χ1) is 10.7. The molecule has 0 radical (unpaired) electrons. The molecular formula is C16H24N2O3S. The predicted molar refractivity (Wildman–Crippen MR) is 85.0 cm³/mol. The maximum Gasteiger partial charge on any atom is 0.336 e. The number of carbonyl (C=O) groups excluding carboxylic acids is 1. The first-order valence-electron chi connectivity index (χ1n) is 8.06. The van der Waals surface area contributed by atoms with Crippen molar-refractivity contribution < 1.29 is 14.3 Å². The quantitative estimate of drug-likeness (QED) is 0.797. The monoisotopic (exact) mass is 324 g/mol. The van der Waals surface area contributed by atoms with Gasteiger partial charge in [-0.3, -0.25) is 4.90 Å². The van der Waals surface area contributed by atoms with E-state index in [1.165, 1.54) is 42.7 Å². The Morgan fingerprint density at radius 1 is 1.45 bits per heavy atom. The summed E-state index contributed by atoms with van der Waals surface area (Å²) >= 11 is 1.83. The second kappa shape index (κ2) is 7.06. The minimum atomic E-state index is -0.476. The van der Waals surface area contributed by atoms with Crippen molar-refractivity contribution in [3.8, 4) is 0 Å². The standard InChI is InChI=1S/C16H24N2O3S/c1-11-8-18(10-14(21-11)16(19)20-2)9-13-7-17-15(22-13)12-5-3-4-6-12/h7,11-12,14H,3-6,8-10H2,1-2H3/t11-,14?/m1/s1. The van der Waals surface area contributed by atoms with Crippen LogP contribution in [-0.4, -0.2) is 48.3 Å². The van der Waals surface area contributed by atoms with Gasteiger partial charge < -0.3 is 9.47 Å². The number of esters is 1. The first kappa shape index (κ1) is 15.9. The minimum Gasteiger partial charge on any atom is -0.467 e. The van der Waals surface area contributed by atoms with Crippen molar-refractivity contribution in [1.29, 1.82) is 0 Å². The zero-order valence-electron chi connectivity index (χ0n) is 13.3. The van der Waals surface area contributed by atoms with Crippen molar-refractivity contribution in [2.24, 2.45) is 0 Å². The van der Waals surface area contributed by atoms with Gasteiger partial charge in [0.15, 0.2) is 6.10 Å². The highest BCUT2D eigenvalue weighted by atomic mass is 32.1. The van der Waals surface area contributed by atoms with E-state index in [1.807, 2.05) is 24.5 Å². The maximum absolute atomic E-state index is 11.7. The van der Waals surface area contributed by atoms with Crippen molar-refractivity contribution in [2.75, 3.05) is 20.2 Å². The molecule has 0 aromatic carbocycles. The van der Waals surface area contributed by atoms with Crippen LogP contribution >= 0.6 is 11.3 Å². The van der Waals surface area contributed by atoms with Crippen LogP contribution < -0.4 is 0 Å². The summed E-state index contributed by atoms with van der Waals surface area (Å²) in [6, 6.07) is 0. The fraction of sp³-hybridized carbons (Fsp3) is 0.750. The SMILES string of the molecule is COC(=O)C1CN(Cc2cnc(C3CCCC3)s2)C[C@@H](C)O1. The Morgan fingerprint density at radius 3 is 2.95 bits per heavy atom. The predicted octanol–water partition coefficient (Wildman–Crippen LogP) is 2.56. The van der Waals surface area contributed by atoms with Crippen molar-refractivity contribution in [3.05, 3.63) is 16.1 Å². The third-order valence-corrected chi connectivity index (χ3v) is 5.60. The normalized spacial score (nSPS) is 27.2. The molecule has 22 heavy (non-hydrogen) atoms. The van der Waals surface area contributed by atoms with Crippen LogP contribution in [0.4, 0.5) is 0 Å². The Bertz CT molecular complexity index is 513. The molecule has 6 heteroatoms. The van der Waals surface area contributed by atoms with Gasteiger partial charge in [0, 0.05) is 36.6 Å². The smallest absolute Gasteiger partial charge is 0.336 e. The Morgan fingerprint density at radius 2 is 2.23 bits per heavy atom.